The summed E-state index contributed by atoms with van der Waals surface area (Å²) in [6.45, 7) is 6.03. The lowest BCUT2D eigenvalue weighted by molar-refractivity contribution is 0.284. The van der Waals surface area contributed by atoms with Gasteiger partial charge in [-0.2, -0.15) is 5.26 Å². The fourth-order valence-electron chi connectivity index (χ4n) is 4.01. The standard InChI is InChI=1S/C22H26N6O.2ClH/c1-29-21-16-24-17-25-22(21)28-10-3-8-26(12-13-28)7-2-9-27-11-6-19-5-4-18(15-23)14-20(19)27;;/h4-6,11,14,16-17H,2-3,7-10,12-13H2,1H3;2*1H. The summed E-state index contributed by atoms with van der Waals surface area (Å²) in [5, 5.41) is 10.3. The van der Waals surface area contributed by atoms with Crippen molar-refractivity contribution in [1.29, 1.82) is 5.26 Å². The van der Waals surface area contributed by atoms with Crippen molar-refractivity contribution in [2.75, 3.05) is 44.7 Å². The van der Waals surface area contributed by atoms with Crippen molar-refractivity contribution in [2.45, 2.75) is 19.4 Å². The van der Waals surface area contributed by atoms with E-state index in [1.54, 1.807) is 19.6 Å². The predicted octanol–water partition coefficient (Wildman–Crippen LogP) is 3.76. The summed E-state index contributed by atoms with van der Waals surface area (Å²) >= 11 is 0. The van der Waals surface area contributed by atoms with Gasteiger partial charge in [-0.25, -0.2) is 9.97 Å². The van der Waals surface area contributed by atoms with Crippen LogP contribution in [0.3, 0.4) is 0 Å². The molecule has 166 valence electrons. The molecule has 1 fully saturated rings. The van der Waals surface area contributed by atoms with Crippen LogP contribution in [0.5, 0.6) is 5.75 Å². The molecule has 1 aliphatic heterocycles. The van der Waals surface area contributed by atoms with E-state index in [9.17, 15) is 0 Å². The van der Waals surface area contributed by atoms with Crippen LogP contribution in [0.2, 0.25) is 0 Å². The van der Waals surface area contributed by atoms with E-state index >= 15 is 0 Å². The number of benzene rings is 1. The molecule has 1 saturated heterocycles. The molecule has 0 radical (unpaired) electrons. The van der Waals surface area contributed by atoms with E-state index < -0.39 is 0 Å². The van der Waals surface area contributed by atoms with Crippen LogP contribution in [0.25, 0.3) is 10.9 Å². The van der Waals surface area contributed by atoms with Crippen LogP contribution in [0.1, 0.15) is 18.4 Å². The number of fused-ring (bicyclic) bond motifs is 1. The lowest BCUT2D eigenvalue weighted by Crippen LogP contribution is -2.32. The maximum Gasteiger partial charge on any atom is 0.179 e. The zero-order valence-electron chi connectivity index (χ0n) is 17.6. The molecule has 0 bridgehead atoms. The van der Waals surface area contributed by atoms with Crippen molar-refractivity contribution in [3.63, 3.8) is 0 Å². The maximum absolute atomic E-state index is 9.15. The van der Waals surface area contributed by atoms with Gasteiger partial charge in [-0.15, -0.1) is 24.8 Å². The van der Waals surface area contributed by atoms with Crippen molar-refractivity contribution in [2.24, 2.45) is 0 Å². The Balaban J connectivity index is 0.00000171. The third-order valence-corrected chi connectivity index (χ3v) is 5.54. The van der Waals surface area contributed by atoms with Crippen LogP contribution in [0.4, 0.5) is 5.82 Å². The minimum atomic E-state index is 0. The van der Waals surface area contributed by atoms with Gasteiger partial charge in [0.15, 0.2) is 11.6 Å². The van der Waals surface area contributed by atoms with Gasteiger partial charge in [-0.1, -0.05) is 6.07 Å². The third-order valence-electron chi connectivity index (χ3n) is 5.54. The highest BCUT2D eigenvalue weighted by molar-refractivity contribution is 5.85. The quantitative estimate of drug-likeness (QED) is 0.555. The maximum atomic E-state index is 9.15. The van der Waals surface area contributed by atoms with Gasteiger partial charge in [0.2, 0.25) is 0 Å². The molecule has 9 heteroatoms. The summed E-state index contributed by atoms with van der Waals surface area (Å²) < 4.78 is 7.68. The Bertz CT molecular complexity index is 1020. The summed E-state index contributed by atoms with van der Waals surface area (Å²) in [6, 6.07) is 10.2. The summed E-state index contributed by atoms with van der Waals surface area (Å²) in [4.78, 5) is 13.3. The van der Waals surface area contributed by atoms with Gasteiger partial charge in [0.1, 0.15) is 6.33 Å². The highest BCUT2D eigenvalue weighted by Crippen LogP contribution is 2.25. The SMILES string of the molecule is COc1cncnc1N1CCCN(CCCn2ccc3ccc(C#N)cc32)CC1.Cl.Cl. The molecule has 7 nitrogen and oxygen atoms in total. The van der Waals surface area contributed by atoms with Crippen molar-refractivity contribution in [1.82, 2.24) is 19.4 Å². The number of anilines is 1. The molecule has 0 saturated carbocycles. The zero-order chi connectivity index (χ0) is 20.1. The normalized spacial score (nSPS) is 14.3. The summed E-state index contributed by atoms with van der Waals surface area (Å²) in [5.74, 6) is 1.62. The molecule has 3 heterocycles. The van der Waals surface area contributed by atoms with Crippen molar-refractivity contribution in [3.8, 4) is 11.8 Å². The molecule has 0 amide bonds. The second kappa shape index (κ2) is 11.8. The van der Waals surface area contributed by atoms with Crippen LogP contribution < -0.4 is 9.64 Å². The second-order valence-electron chi connectivity index (χ2n) is 7.35. The monoisotopic (exact) mass is 462 g/mol. The van der Waals surface area contributed by atoms with Gasteiger partial charge < -0.3 is 19.1 Å². The van der Waals surface area contributed by atoms with Gasteiger partial charge in [0.05, 0.1) is 24.9 Å². The Morgan fingerprint density at radius 1 is 1.10 bits per heavy atom. The molecular weight excluding hydrogens is 435 g/mol. The van der Waals surface area contributed by atoms with Gasteiger partial charge in [0.25, 0.3) is 0 Å². The van der Waals surface area contributed by atoms with Crippen molar-refractivity contribution < 1.29 is 4.74 Å². The predicted molar refractivity (Wildman–Crippen MR) is 128 cm³/mol. The zero-order valence-corrected chi connectivity index (χ0v) is 19.2. The first kappa shape index (κ1) is 24.7. The Morgan fingerprint density at radius 2 is 1.97 bits per heavy atom. The van der Waals surface area contributed by atoms with E-state index in [4.69, 9.17) is 10.00 Å². The van der Waals surface area contributed by atoms with E-state index in [-0.39, 0.29) is 24.8 Å². The number of hydrogen-bond donors (Lipinski definition) is 0. The Morgan fingerprint density at radius 3 is 2.77 bits per heavy atom. The molecule has 31 heavy (non-hydrogen) atoms. The number of halogens is 2. The largest absolute Gasteiger partial charge is 0.491 e. The second-order valence-corrected chi connectivity index (χ2v) is 7.35. The minimum absolute atomic E-state index is 0. The fraction of sp³-hybridized carbons (Fsp3) is 0.409. The number of rotatable bonds is 6. The molecule has 0 N–H and O–H groups in total. The molecular formula is C22H28Cl2N6O. The van der Waals surface area contributed by atoms with Crippen LogP contribution >= 0.6 is 24.8 Å². The molecule has 0 unspecified atom stereocenters. The Kier molecular flexibility index (Phi) is 9.38. The number of hydrogen-bond acceptors (Lipinski definition) is 6. The smallest absolute Gasteiger partial charge is 0.179 e. The van der Waals surface area contributed by atoms with Gasteiger partial charge in [-0.05, 0) is 49.5 Å². The fourth-order valence-corrected chi connectivity index (χ4v) is 4.01. The lowest BCUT2D eigenvalue weighted by atomic mass is 10.2. The van der Waals surface area contributed by atoms with Crippen LogP contribution in [-0.4, -0.2) is 59.3 Å². The summed E-state index contributed by atoms with van der Waals surface area (Å²) in [5.41, 5.74) is 1.85. The topological polar surface area (TPSA) is 70.2 Å². The average molecular weight is 463 g/mol. The van der Waals surface area contributed by atoms with Crippen molar-refractivity contribution >= 4 is 41.5 Å². The molecule has 0 aliphatic carbocycles. The molecule has 0 atom stereocenters. The summed E-state index contributed by atoms with van der Waals surface area (Å²) in [7, 11) is 1.66. The highest BCUT2D eigenvalue weighted by Gasteiger charge is 2.18. The van der Waals surface area contributed by atoms with E-state index in [0.29, 0.717) is 5.56 Å². The summed E-state index contributed by atoms with van der Waals surface area (Å²) in [6.07, 6.45) is 7.61. The molecule has 3 aromatic rings. The first-order chi connectivity index (χ1) is 14.3. The molecule has 1 aliphatic rings. The molecule has 1 aromatic carbocycles. The third kappa shape index (κ3) is 5.79. The minimum Gasteiger partial charge on any atom is -0.491 e. The van der Waals surface area contributed by atoms with Crippen LogP contribution in [0.15, 0.2) is 43.0 Å². The Labute approximate surface area is 195 Å². The van der Waals surface area contributed by atoms with Crippen molar-refractivity contribution in [3.05, 3.63) is 48.5 Å². The number of nitrogens with zero attached hydrogens (tertiary/aromatic N) is 6. The molecule has 4 rings (SSSR count). The van der Waals surface area contributed by atoms with Gasteiger partial charge in [0, 0.05) is 37.9 Å². The first-order valence-corrected chi connectivity index (χ1v) is 10.1. The lowest BCUT2D eigenvalue weighted by Gasteiger charge is -2.23. The Hall–Kier alpha value is -2.53. The van der Waals surface area contributed by atoms with E-state index in [0.717, 1.165) is 69.2 Å². The number of nitriles is 1. The number of aryl methyl sites for hydroxylation is 1. The number of ether oxygens (including phenoxy) is 1. The van der Waals surface area contributed by atoms with Gasteiger partial charge in [-0.3, -0.25) is 0 Å². The van der Waals surface area contributed by atoms with E-state index in [2.05, 4.69) is 42.7 Å². The first-order valence-electron chi connectivity index (χ1n) is 10.1. The highest BCUT2D eigenvalue weighted by atomic mass is 35.5. The number of aromatic nitrogens is 3. The molecule has 0 spiro atoms. The van der Waals surface area contributed by atoms with E-state index in [1.165, 1.54) is 5.39 Å². The molecule has 2 aromatic heterocycles. The van der Waals surface area contributed by atoms with Crippen LogP contribution in [0, 0.1) is 11.3 Å². The van der Waals surface area contributed by atoms with Gasteiger partial charge >= 0.3 is 0 Å². The average Bonchev–Trinajstić information content (AvgIpc) is 3.02. The van der Waals surface area contributed by atoms with E-state index in [1.807, 2.05) is 18.2 Å². The number of methoxy groups -OCH3 is 1. The van der Waals surface area contributed by atoms with Crippen LogP contribution in [-0.2, 0) is 6.54 Å².